The lowest BCUT2D eigenvalue weighted by Crippen LogP contribution is -2.29. The number of carbonyl (C=O) groups is 2. The Bertz CT molecular complexity index is 1500. The van der Waals surface area contributed by atoms with Gasteiger partial charge in [-0.15, -0.1) is 0 Å². The largest absolute Gasteiger partial charge is 0.507 e. The molecule has 1 saturated heterocycles. The normalized spacial score (nSPS) is 17.6. The van der Waals surface area contributed by atoms with Gasteiger partial charge in [0.15, 0.2) is 5.13 Å². The van der Waals surface area contributed by atoms with Gasteiger partial charge in [-0.05, 0) is 44.2 Å². The zero-order valence-corrected chi connectivity index (χ0v) is 19.3. The molecule has 9 heteroatoms. The minimum Gasteiger partial charge on any atom is -0.507 e. The van der Waals surface area contributed by atoms with Crippen LogP contribution in [0.3, 0.4) is 0 Å². The summed E-state index contributed by atoms with van der Waals surface area (Å²) >= 11 is 1.17. The average molecular weight is 479 g/mol. The fraction of sp³-hybridized carbons (Fsp3) is 0.160. The maximum atomic E-state index is 15.0. The van der Waals surface area contributed by atoms with Crippen molar-refractivity contribution in [2.24, 2.45) is 0 Å². The summed E-state index contributed by atoms with van der Waals surface area (Å²) in [6, 6.07) is 11.4. The Kier molecular flexibility index (Phi) is 5.21. The van der Waals surface area contributed by atoms with E-state index in [0.717, 1.165) is 9.60 Å². The number of halogens is 1. The number of hydrogen-bond donors (Lipinski definition) is 1. The van der Waals surface area contributed by atoms with Gasteiger partial charge in [-0.2, -0.15) is 0 Å². The van der Waals surface area contributed by atoms with Gasteiger partial charge in [-0.25, -0.2) is 9.37 Å². The summed E-state index contributed by atoms with van der Waals surface area (Å²) in [7, 11) is 1.54. The molecule has 2 aromatic heterocycles. The highest BCUT2D eigenvalue weighted by Gasteiger charge is 2.49. The maximum Gasteiger partial charge on any atom is 0.301 e. The average Bonchev–Trinajstić information content (AvgIpc) is 3.46. The minimum absolute atomic E-state index is 0.0676. The van der Waals surface area contributed by atoms with Crippen molar-refractivity contribution in [3.05, 3.63) is 82.6 Å². The van der Waals surface area contributed by atoms with Crippen molar-refractivity contribution in [1.29, 1.82) is 0 Å². The van der Waals surface area contributed by atoms with Crippen LogP contribution in [0.15, 0.2) is 58.5 Å². The van der Waals surface area contributed by atoms with Gasteiger partial charge in [0.25, 0.3) is 5.78 Å². The van der Waals surface area contributed by atoms with Gasteiger partial charge in [0.2, 0.25) is 0 Å². The number of ketones is 1. The zero-order chi connectivity index (χ0) is 24.1. The second-order valence-electron chi connectivity index (χ2n) is 7.85. The number of fused-ring (bicyclic) bond motifs is 1. The van der Waals surface area contributed by atoms with Crippen LogP contribution in [0.5, 0.6) is 5.75 Å². The number of Topliss-reactive ketones (excluding diaryl/α,β-unsaturated/α-hetero) is 1. The van der Waals surface area contributed by atoms with E-state index in [9.17, 15) is 14.7 Å². The third-order valence-electron chi connectivity index (χ3n) is 5.73. The van der Waals surface area contributed by atoms with Crippen LogP contribution in [-0.2, 0) is 9.59 Å². The molecule has 1 amide bonds. The van der Waals surface area contributed by atoms with E-state index in [-0.39, 0.29) is 21.8 Å². The number of carbonyl (C=O) groups excluding carboxylic acids is 2. The summed E-state index contributed by atoms with van der Waals surface area (Å²) < 4.78 is 26.5. The van der Waals surface area contributed by atoms with E-state index < -0.39 is 29.3 Å². The van der Waals surface area contributed by atoms with Crippen molar-refractivity contribution in [2.75, 3.05) is 12.0 Å². The quantitative estimate of drug-likeness (QED) is 0.244. The Morgan fingerprint density at radius 1 is 1.18 bits per heavy atom. The second-order valence-corrected chi connectivity index (χ2v) is 8.86. The number of thiazole rings is 1. The Hall–Kier alpha value is -3.98. The number of ether oxygens (including phenoxy) is 1. The van der Waals surface area contributed by atoms with E-state index in [0.29, 0.717) is 22.8 Å². The van der Waals surface area contributed by atoms with Gasteiger partial charge in [-0.1, -0.05) is 29.5 Å². The maximum absolute atomic E-state index is 15.0. The Morgan fingerprint density at radius 2 is 1.94 bits per heavy atom. The number of hydrogen-bond acceptors (Lipinski definition) is 7. The van der Waals surface area contributed by atoms with E-state index in [1.54, 1.807) is 51.3 Å². The fourth-order valence-electron chi connectivity index (χ4n) is 4.15. The summed E-state index contributed by atoms with van der Waals surface area (Å²) in [5.41, 5.74) is 0.705. The molecule has 172 valence electrons. The fourth-order valence-corrected chi connectivity index (χ4v) is 5.18. The van der Waals surface area contributed by atoms with Gasteiger partial charge in [0.1, 0.15) is 34.9 Å². The number of methoxy groups -OCH3 is 1. The van der Waals surface area contributed by atoms with Crippen LogP contribution in [0.4, 0.5) is 9.52 Å². The van der Waals surface area contributed by atoms with Crippen LogP contribution >= 0.6 is 11.3 Å². The molecular weight excluding hydrogens is 459 g/mol. The second kappa shape index (κ2) is 8.11. The molecule has 4 aromatic rings. The highest BCUT2D eigenvalue weighted by molar-refractivity contribution is 7.22. The molecule has 0 aliphatic carbocycles. The van der Waals surface area contributed by atoms with Crippen LogP contribution in [0.1, 0.15) is 28.7 Å². The first kappa shape index (κ1) is 21.8. The third-order valence-corrected chi connectivity index (χ3v) is 6.75. The van der Waals surface area contributed by atoms with Crippen molar-refractivity contribution < 1.29 is 28.2 Å². The van der Waals surface area contributed by atoms with Crippen molar-refractivity contribution in [3.63, 3.8) is 0 Å². The van der Waals surface area contributed by atoms with Crippen molar-refractivity contribution in [2.45, 2.75) is 19.9 Å². The molecule has 1 unspecified atom stereocenters. The molecule has 7 nitrogen and oxygen atoms in total. The van der Waals surface area contributed by atoms with Crippen molar-refractivity contribution in [3.8, 4) is 5.75 Å². The van der Waals surface area contributed by atoms with Crippen molar-refractivity contribution >= 4 is 44.1 Å². The van der Waals surface area contributed by atoms with Crippen LogP contribution in [0.2, 0.25) is 0 Å². The number of amides is 1. The number of furan rings is 1. The molecule has 1 fully saturated rings. The molecule has 1 aliphatic rings. The van der Waals surface area contributed by atoms with E-state index in [4.69, 9.17) is 9.15 Å². The topological polar surface area (TPSA) is 92.9 Å². The van der Waals surface area contributed by atoms with Crippen molar-refractivity contribution in [1.82, 2.24) is 4.98 Å². The zero-order valence-electron chi connectivity index (χ0n) is 18.5. The van der Waals surface area contributed by atoms with Gasteiger partial charge in [0, 0.05) is 5.56 Å². The van der Waals surface area contributed by atoms with Crippen LogP contribution in [0.25, 0.3) is 16.0 Å². The molecule has 0 saturated carbocycles. The van der Waals surface area contributed by atoms with E-state index in [1.165, 1.54) is 29.5 Å². The highest BCUT2D eigenvalue weighted by atomic mass is 32.1. The summed E-state index contributed by atoms with van der Waals surface area (Å²) in [6.45, 7) is 3.34. The first-order chi connectivity index (χ1) is 16.3. The lowest BCUT2D eigenvalue weighted by Gasteiger charge is -2.23. The summed E-state index contributed by atoms with van der Waals surface area (Å²) in [5.74, 6) is -1.36. The third kappa shape index (κ3) is 3.36. The number of aliphatic hydroxyl groups excluding tert-OH is 1. The molecule has 2 aromatic carbocycles. The molecular formula is C25H19FN2O5S. The number of benzene rings is 2. The monoisotopic (exact) mass is 478 g/mol. The van der Waals surface area contributed by atoms with Crippen LogP contribution < -0.4 is 9.64 Å². The molecule has 1 aliphatic heterocycles. The summed E-state index contributed by atoms with van der Waals surface area (Å²) in [4.78, 5) is 32.2. The van der Waals surface area contributed by atoms with E-state index in [1.807, 2.05) is 0 Å². The highest BCUT2D eigenvalue weighted by Crippen LogP contribution is 2.45. The number of aliphatic hydroxyl groups is 1. The smallest absolute Gasteiger partial charge is 0.301 e. The lowest BCUT2D eigenvalue weighted by molar-refractivity contribution is -0.132. The number of aromatic nitrogens is 1. The predicted molar refractivity (Wildman–Crippen MR) is 126 cm³/mol. The Balaban J connectivity index is 1.75. The molecule has 34 heavy (non-hydrogen) atoms. The molecule has 1 atom stereocenters. The van der Waals surface area contributed by atoms with Crippen LogP contribution in [-0.4, -0.2) is 28.9 Å². The first-order valence-corrected chi connectivity index (χ1v) is 11.2. The number of aryl methyl sites for hydroxylation is 2. The SMILES string of the molecule is COc1ccc2nc(N3C(=O)C(=O)/C(=C(/O)c4cc(C)oc4C)C3c3ccccc3F)sc2c1. The standard InChI is InChI=1S/C25H19FN2O5S/c1-12-10-16(13(2)33-12)22(29)20-21(15-6-4-5-7-17(15)26)28(24(31)23(20)30)25-27-18-9-8-14(32-3)11-19(18)34-25/h4-11,21,29H,1-3H3/b22-20+. The summed E-state index contributed by atoms with van der Waals surface area (Å²) in [6.07, 6.45) is 0. The molecule has 1 N–H and O–H groups in total. The van der Waals surface area contributed by atoms with E-state index >= 15 is 4.39 Å². The van der Waals surface area contributed by atoms with Gasteiger partial charge >= 0.3 is 5.91 Å². The molecule has 0 bridgehead atoms. The Labute approximate surface area is 197 Å². The predicted octanol–water partition coefficient (Wildman–Crippen LogP) is 5.28. The van der Waals surface area contributed by atoms with Gasteiger partial charge in [0.05, 0.1) is 28.5 Å². The van der Waals surface area contributed by atoms with Gasteiger partial charge in [-0.3, -0.25) is 14.5 Å². The lowest BCUT2D eigenvalue weighted by atomic mass is 9.95. The molecule has 0 spiro atoms. The number of nitrogens with zero attached hydrogens (tertiary/aromatic N) is 2. The van der Waals surface area contributed by atoms with Gasteiger partial charge < -0.3 is 14.3 Å². The van der Waals surface area contributed by atoms with Crippen LogP contribution in [0, 0.1) is 19.7 Å². The molecule has 5 rings (SSSR count). The summed E-state index contributed by atoms with van der Waals surface area (Å²) in [5, 5.41) is 11.4. The first-order valence-electron chi connectivity index (χ1n) is 10.4. The minimum atomic E-state index is -1.21. The number of anilines is 1. The molecule has 3 heterocycles. The number of rotatable bonds is 4. The molecule has 0 radical (unpaired) electrons. The Morgan fingerprint density at radius 3 is 2.62 bits per heavy atom. The van der Waals surface area contributed by atoms with E-state index in [2.05, 4.69) is 4.98 Å².